The Morgan fingerprint density at radius 2 is 2.08 bits per heavy atom. The fourth-order valence-corrected chi connectivity index (χ4v) is 5.50. The van der Waals surface area contributed by atoms with Gasteiger partial charge >= 0.3 is 5.97 Å². The minimum Gasteiger partial charge on any atom is -0.464 e. The van der Waals surface area contributed by atoms with Gasteiger partial charge in [0.1, 0.15) is 0 Å². The quantitative estimate of drug-likeness (QED) is 0.202. The molecule has 0 radical (unpaired) electrons. The van der Waals surface area contributed by atoms with Gasteiger partial charge in [-0.1, -0.05) is 5.92 Å². The maximum Gasteiger partial charge on any atom is 0.320 e. The van der Waals surface area contributed by atoms with Crippen LogP contribution in [0.1, 0.15) is 39.9 Å². The van der Waals surface area contributed by atoms with Gasteiger partial charge in [0.15, 0.2) is 14.6 Å². The molecule has 3 atom stereocenters. The number of esters is 1. The third kappa shape index (κ3) is 6.45. The number of thiophene rings is 1. The number of carbonyl (C=O) groups excluding carboxylic acids is 3. The molecule has 0 spiro atoms. The van der Waals surface area contributed by atoms with Crippen molar-refractivity contribution in [1.82, 2.24) is 15.3 Å². The zero-order chi connectivity index (χ0) is 26.7. The average Bonchev–Trinajstić information content (AvgIpc) is 3.33. The SMILES string of the molecule is CN(C)CC(=O)OC[C@H]1C[C@@H]1C#CC#Cc1cc2c(s1)C(=O)N(CC[C@](C)(C(=O)NO)S(C)(=O)=O)C2. The first-order valence-corrected chi connectivity index (χ1v) is 13.9. The molecule has 1 aliphatic heterocycles. The highest BCUT2D eigenvalue weighted by molar-refractivity contribution is 7.92. The number of carbonyl (C=O) groups is 3. The van der Waals surface area contributed by atoms with Crippen LogP contribution in [0, 0.1) is 35.5 Å². The Labute approximate surface area is 214 Å². The van der Waals surface area contributed by atoms with E-state index in [0.717, 1.165) is 18.2 Å². The zero-order valence-corrected chi connectivity index (χ0v) is 22.2. The van der Waals surface area contributed by atoms with Gasteiger partial charge in [0.25, 0.3) is 11.8 Å². The highest BCUT2D eigenvalue weighted by Gasteiger charge is 2.44. The molecule has 2 N–H and O–H groups in total. The molecule has 2 heterocycles. The Morgan fingerprint density at radius 1 is 1.36 bits per heavy atom. The van der Waals surface area contributed by atoms with Gasteiger partial charge in [-0.15, -0.1) is 11.3 Å². The third-order valence-electron chi connectivity index (χ3n) is 6.24. The minimum absolute atomic E-state index is 0.0384. The molecule has 12 heteroatoms. The first-order valence-electron chi connectivity index (χ1n) is 11.2. The van der Waals surface area contributed by atoms with Gasteiger partial charge in [0.2, 0.25) is 0 Å². The predicted molar refractivity (Wildman–Crippen MR) is 133 cm³/mol. The van der Waals surface area contributed by atoms with E-state index in [1.165, 1.54) is 28.6 Å². The van der Waals surface area contributed by atoms with Crippen molar-refractivity contribution < 1.29 is 32.7 Å². The number of nitrogens with one attached hydrogen (secondary N) is 1. The highest BCUT2D eigenvalue weighted by Crippen LogP contribution is 2.38. The molecule has 2 amide bonds. The molecule has 1 saturated carbocycles. The average molecular weight is 536 g/mol. The Kier molecular flexibility index (Phi) is 8.47. The van der Waals surface area contributed by atoms with Crippen LogP contribution in [0.4, 0.5) is 0 Å². The van der Waals surface area contributed by atoms with Gasteiger partial charge in [-0.05, 0) is 63.3 Å². The lowest BCUT2D eigenvalue weighted by atomic mass is 10.1. The molecule has 1 aromatic heterocycles. The summed E-state index contributed by atoms with van der Waals surface area (Å²) in [5.74, 6) is 10.5. The van der Waals surface area contributed by atoms with E-state index >= 15 is 0 Å². The van der Waals surface area contributed by atoms with Crippen molar-refractivity contribution in [2.24, 2.45) is 11.8 Å². The Bertz CT molecular complexity index is 1280. The molecule has 2 aliphatic rings. The van der Waals surface area contributed by atoms with Crippen molar-refractivity contribution in [3.63, 3.8) is 0 Å². The zero-order valence-electron chi connectivity index (χ0n) is 20.6. The number of hydrogen-bond donors (Lipinski definition) is 2. The van der Waals surface area contributed by atoms with Gasteiger partial charge in [-0.2, -0.15) is 0 Å². The minimum atomic E-state index is -3.84. The number of nitrogens with zero attached hydrogens (tertiary/aromatic N) is 2. The number of ether oxygens (including phenoxy) is 1. The Balaban J connectivity index is 1.52. The molecule has 194 valence electrons. The Hall–Kier alpha value is -2.90. The number of rotatable bonds is 9. The van der Waals surface area contributed by atoms with Gasteiger partial charge in [0, 0.05) is 31.2 Å². The maximum absolute atomic E-state index is 12.8. The second-order valence-corrected chi connectivity index (χ2v) is 12.9. The summed E-state index contributed by atoms with van der Waals surface area (Å²) in [4.78, 5) is 40.8. The van der Waals surface area contributed by atoms with Crippen LogP contribution in [0.5, 0.6) is 0 Å². The van der Waals surface area contributed by atoms with Gasteiger partial charge in [-0.3, -0.25) is 24.5 Å². The highest BCUT2D eigenvalue weighted by atomic mass is 32.2. The number of hydroxylamine groups is 1. The normalized spacial score (nSPS) is 19.9. The fraction of sp³-hybridized carbons (Fsp3) is 0.542. The molecule has 3 rings (SSSR count). The molecule has 0 unspecified atom stereocenters. The lowest BCUT2D eigenvalue weighted by molar-refractivity contribution is -0.144. The van der Waals surface area contributed by atoms with Crippen LogP contribution < -0.4 is 5.48 Å². The van der Waals surface area contributed by atoms with Crippen molar-refractivity contribution in [3.8, 4) is 23.7 Å². The van der Waals surface area contributed by atoms with Crippen LogP contribution in [0.25, 0.3) is 0 Å². The van der Waals surface area contributed by atoms with Crippen LogP contribution in [-0.4, -0.2) is 86.0 Å². The van der Waals surface area contributed by atoms with E-state index in [1.807, 2.05) is 6.07 Å². The third-order valence-corrected chi connectivity index (χ3v) is 9.35. The molecule has 0 bridgehead atoms. The summed E-state index contributed by atoms with van der Waals surface area (Å²) in [5, 5.41) is 8.94. The second-order valence-electron chi connectivity index (χ2n) is 9.43. The van der Waals surface area contributed by atoms with Crippen molar-refractivity contribution in [3.05, 3.63) is 21.4 Å². The monoisotopic (exact) mass is 535 g/mol. The summed E-state index contributed by atoms with van der Waals surface area (Å²) in [6, 6.07) is 1.81. The van der Waals surface area contributed by atoms with E-state index in [0.29, 0.717) is 16.4 Å². The van der Waals surface area contributed by atoms with E-state index in [-0.39, 0.29) is 49.8 Å². The van der Waals surface area contributed by atoms with Crippen molar-refractivity contribution in [1.29, 1.82) is 0 Å². The van der Waals surface area contributed by atoms with E-state index in [4.69, 9.17) is 9.94 Å². The lowest BCUT2D eigenvalue weighted by Crippen LogP contribution is -2.50. The van der Waals surface area contributed by atoms with Crippen LogP contribution in [0.2, 0.25) is 0 Å². The number of sulfone groups is 1. The molecule has 36 heavy (non-hydrogen) atoms. The second kappa shape index (κ2) is 11.0. The number of likely N-dealkylation sites (N-methyl/N-ethyl adjacent to an activating group) is 1. The van der Waals surface area contributed by atoms with Gasteiger partial charge in [0.05, 0.1) is 22.9 Å². The summed E-state index contributed by atoms with van der Waals surface area (Å²) in [6.07, 6.45) is 1.64. The molecule has 1 fully saturated rings. The van der Waals surface area contributed by atoms with Gasteiger partial charge < -0.3 is 9.64 Å². The molecular formula is C24H29N3O7S2. The topological polar surface area (TPSA) is 133 Å². The van der Waals surface area contributed by atoms with E-state index in [2.05, 4.69) is 23.7 Å². The molecule has 10 nitrogen and oxygen atoms in total. The molecule has 0 saturated heterocycles. The van der Waals surface area contributed by atoms with Crippen LogP contribution >= 0.6 is 11.3 Å². The van der Waals surface area contributed by atoms with Crippen LogP contribution in [0.15, 0.2) is 6.07 Å². The number of hydrogen-bond acceptors (Lipinski definition) is 9. The molecule has 1 aliphatic carbocycles. The van der Waals surface area contributed by atoms with Crippen LogP contribution in [-0.2, 0) is 30.7 Å². The maximum atomic E-state index is 12.8. The standard InChI is InChI=1S/C24H29N3O7S2/c1-24(23(30)25-31,36(4,32)33)9-10-27-13-17-12-19(35-21(17)22(27)29)8-6-5-7-16-11-18(16)15-34-20(28)14-26(2)3/h12,16,18,31H,9-11,13-15H2,1-4H3,(H,25,30)/t16-,18+,24+/m0/s1. The first-order chi connectivity index (χ1) is 16.9. The van der Waals surface area contributed by atoms with Crippen molar-refractivity contribution in [2.45, 2.75) is 31.1 Å². The summed E-state index contributed by atoms with van der Waals surface area (Å²) in [6.45, 7) is 2.16. The number of amides is 2. The van der Waals surface area contributed by atoms with Crippen LogP contribution in [0.3, 0.4) is 0 Å². The smallest absolute Gasteiger partial charge is 0.320 e. The summed E-state index contributed by atoms with van der Waals surface area (Å²) in [7, 11) is -0.231. The van der Waals surface area contributed by atoms with E-state index < -0.39 is 20.5 Å². The first kappa shape index (κ1) is 27.7. The molecule has 0 aromatic carbocycles. The van der Waals surface area contributed by atoms with E-state index in [1.54, 1.807) is 19.0 Å². The summed E-state index contributed by atoms with van der Waals surface area (Å²) in [5.41, 5.74) is 2.19. The fourth-order valence-electron chi connectivity index (χ4n) is 3.66. The summed E-state index contributed by atoms with van der Waals surface area (Å²) >= 11 is 1.24. The molecular weight excluding hydrogens is 506 g/mol. The van der Waals surface area contributed by atoms with Crippen molar-refractivity contribution in [2.75, 3.05) is 40.0 Å². The van der Waals surface area contributed by atoms with E-state index in [9.17, 15) is 22.8 Å². The largest absolute Gasteiger partial charge is 0.464 e. The lowest BCUT2D eigenvalue weighted by Gasteiger charge is -2.27. The predicted octanol–water partition coefficient (Wildman–Crippen LogP) is 0.499. The Morgan fingerprint density at radius 3 is 2.69 bits per heavy atom. The number of fused-ring (bicyclic) bond motifs is 1. The molecule has 1 aromatic rings. The van der Waals surface area contributed by atoms with Gasteiger partial charge in [-0.25, -0.2) is 13.9 Å². The van der Waals surface area contributed by atoms with Crippen molar-refractivity contribution >= 4 is 39.0 Å². The summed E-state index contributed by atoms with van der Waals surface area (Å²) < 4.78 is 27.6.